The number of piperazine rings is 1. The van der Waals surface area contributed by atoms with Gasteiger partial charge in [-0.3, -0.25) is 9.58 Å². The van der Waals surface area contributed by atoms with Crippen molar-refractivity contribution >= 4 is 17.3 Å². The van der Waals surface area contributed by atoms with Crippen molar-refractivity contribution in [2.45, 2.75) is 27.3 Å². The molecule has 1 aromatic rings. The van der Waals surface area contributed by atoms with E-state index in [2.05, 4.69) is 41.0 Å². The van der Waals surface area contributed by atoms with Crippen molar-refractivity contribution in [2.75, 3.05) is 32.7 Å². The van der Waals surface area contributed by atoms with Crippen LogP contribution in [0.15, 0.2) is 6.20 Å². The predicted octanol–water partition coefficient (Wildman–Crippen LogP) is 1.38. The normalized spacial score (nSPS) is 16.5. The van der Waals surface area contributed by atoms with Crippen LogP contribution in [0.2, 0.25) is 0 Å². The Morgan fingerprint density at radius 1 is 1.33 bits per heavy atom. The summed E-state index contributed by atoms with van der Waals surface area (Å²) in [7, 11) is 2.00. The van der Waals surface area contributed by atoms with E-state index in [9.17, 15) is 0 Å². The number of hydrogen-bond donors (Lipinski definition) is 1. The number of nitrogens with one attached hydrogen (secondary N) is 1. The molecule has 21 heavy (non-hydrogen) atoms. The molecule has 1 aliphatic heterocycles. The van der Waals surface area contributed by atoms with Gasteiger partial charge in [0.15, 0.2) is 5.11 Å². The smallest absolute Gasteiger partial charge is 0.169 e. The maximum Gasteiger partial charge on any atom is 0.169 e. The van der Waals surface area contributed by atoms with Crippen LogP contribution in [0.1, 0.15) is 25.1 Å². The third kappa shape index (κ3) is 4.41. The lowest BCUT2D eigenvalue weighted by molar-refractivity contribution is 0.174. The van der Waals surface area contributed by atoms with Crippen LogP contribution < -0.4 is 5.32 Å². The molecule has 0 amide bonds. The van der Waals surface area contributed by atoms with Crippen molar-refractivity contribution in [3.63, 3.8) is 0 Å². The van der Waals surface area contributed by atoms with Crippen molar-refractivity contribution in [1.29, 1.82) is 0 Å². The van der Waals surface area contributed by atoms with Crippen molar-refractivity contribution in [2.24, 2.45) is 13.0 Å². The second kappa shape index (κ2) is 7.22. The van der Waals surface area contributed by atoms with Gasteiger partial charge in [0.1, 0.15) is 0 Å². The van der Waals surface area contributed by atoms with Crippen LogP contribution in [0.4, 0.5) is 0 Å². The predicted molar refractivity (Wildman–Crippen MR) is 90.2 cm³/mol. The molecule has 0 aliphatic carbocycles. The molecule has 0 spiro atoms. The number of rotatable bonds is 4. The Labute approximate surface area is 133 Å². The Morgan fingerprint density at radius 3 is 2.52 bits per heavy atom. The average molecular weight is 309 g/mol. The van der Waals surface area contributed by atoms with Gasteiger partial charge in [-0.25, -0.2) is 0 Å². The summed E-state index contributed by atoms with van der Waals surface area (Å²) in [6, 6.07) is 0. The minimum Gasteiger partial charge on any atom is -0.362 e. The molecule has 1 N–H and O–H groups in total. The molecule has 0 bridgehead atoms. The molecule has 1 aliphatic rings. The fraction of sp³-hybridized carbons (Fsp3) is 0.733. The first kappa shape index (κ1) is 16.2. The van der Waals surface area contributed by atoms with Crippen LogP contribution in [0, 0.1) is 12.8 Å². The Balaban J connectivity index is 1.78. The van der Waals surface area contributed by atoms with E-state index in [0.717, 1.165) is 44.4 Å². The molecule has 2 rings (SSSR count). The Bertz CT molecular complexity index is 474. The molecule has 0 unspecified atom stereocenters. The van der Waals surface area contributed by atoms with Crippen LogP contribution in [0.3, 0.4) is 0 Å². The summed E-state index contributed by atoms with van der Waals surface area (Å²) in [6.07, 6.45) is 1.98. The Kier molecular flexibility index (Phi) is 5.58. The fourth-order valence-corrected chi connectivity index (χ4v) is 2.72. The van der Waals surface area contributed by atoms with Gasteiger partial charge in [-0.2, -0.15) is 5.10 Å². The minimum atomic E-state index is 0.623. The van der Waals surface area contributed by atoms with Crippen LogP contribution in [0.5, 0.6) is 0 Å². The molecule has 1 fully saturated rings. The number of thiocarbonyl (C=S) groups is 1. The highest BCUT2D eigenvalue weighted by atomic mass is 32.1. The lowest BCUT2D eigenvalue weighted by atomic mass is 10.2. The third-order valence-corrected chi connectivity index (χ3v) is 4.45. The van der Waals surface area contributed by atoms with E-state index >= 15 is 0 Å². The summed E-state index contributed by atoms with van der Waals surface area (Å²) in [5.74, 6) is 0.623. The molecular weight excluding hydrogens is 282 g/mol. The van der Waals surface area contributed by atoms with Crippen LogP contribution >= 0.6 is 12.2 Å². The summed E-state index contributed by atoms with van der Waals surface area (Å²) in [5, 5.41) is 8.57. The Morgan fingerprint density at radius 2 is 2.00 bits per heavy atom. The van der Waals surface area contributed by atoms with Gasteiger partial charge < -0.3 is 10.2 Å². The van der Waals surface area contributed by atoms with Crippen LogP contribution in [0.25, 0.3) is 0 Å². The van der Waals surface area contributed by atoms with E-state index < -0.39 is 0 Å². The SMILES string of the molecule is Cc1c(CN2CCN(C(=S)NCC(C)C)CC2)cnn1C. The van der Waals surface area contributed by atoms with Gasteiger partial charge >= 0.3 is 0 Å². The van der Waals surface area contributed by atoms with E-state index in [1.165, 1.54) is 11.3 Å². The number of nitrogens with zero attached hydrogens (tertiary/aromatic N) is 4. The first-order chi connectivity index (χ1) is 9.97. The first-order valence-electron chi connectivity index (χ1n) is 7.70. The molecule has 5 nitrogen and oxygen atoms in total. The highest BCUT2D eigenvalue weighted by molar-refractivity contribution is 7.80. The van der Waals surface area contributed by atoms with Crippen molar-refractivity contribution in [1.82, 2.24) is 24.9 Å². The summed E-state index contributed by atoms with van der Waals surface area (Å²) in [4.78, 5) is 4.76. The molecule has 1 saturated heterocycles. The van der Waals surface area contributed by atoms with Crippen LogP contribution in [-0.2, 0) is 13.6 Å². The minimum absolute atomic E-state index is 0.623. The largest absolute Gasteiger partial charge is 0.362 e. The second-order valence-electron chi connectivity index (χ2n) is 6.22. The standard InChI is InChI=1S/C15H27N5S/c1-12(2)9-16-15(21)20-7-5-19(6-8-20)11-14-10-17-18(4)13(14)3/h10,12H,5-9,11H2,1-4H3,(H,16,21). The number of aromatic nitrogens is 2. The maximum atomic E-state index is 5.47. The molecule has 2 heterocycles. The molecule has 0 atom stereocenters. The topological polar surface area (TPSA) is 36.3 Å². The zero-order valence-electron chi connectivity index (χ0n) is 13.6. The molecule has 6 heteroatoms. The zero-order chi connectivity index (χ0) is 15.4. The van der Waals surface area contributed by atoms with E-state index in [0.29, 0.717) is 5.92 Å². The van der Waals surface area contributed by atoms with Crippen molar-refractivity contribution in [3.05, 3.63) is 17.5 Å². The Hall–Kier alpha value is -1.14. The zero-order valence-corrected chi connectivity index (χ0v) is 14.4. The van der Waals surface area contributed by atoms with Crippen LogP contribution in [-0.4, -0.2) is 57.4 Å². The highest BCUT2D eigenvalue weighted by Crippen LogP contribution is 2.12. The summed E-state index contributed by atoms with van der Waals surface area (Å²) >= 11 is 5.47. The number of aryl methyl sites for hydroxylation is 1. The number of hydrogen-bond acceptors (Lipinski definition) is 3. The second-order valence-corrected chi connectivity index (χ2v) is 6.61. The van der Waals surface area contributed by atoms with Crippen molar-refractivity contribution < 1.29 is 0 Å². The van der Waals surface area contributed by atoms with E-state index in [1.54, 1.807) is 0 Å². The van der Waals surface area contributed by atoms with E-state index in [-0.39, 0.29) is 0 Å². The average Bonchev–Trinajstić information content (AvgIpc) is 2.77. The van der Waals surface area contributed by atoms with Gasteiger partial charge in [-0.15, -0.1) is 0 Å². The van der Waals surface area contributed by atoms with Gasteiger partial charge in [-0.1, -0.05) is 13.8 Å². The molecule has 0 radical (unpaired) electrons. The first-order valence-corrected chi connectivity index (χ1v) is 8.10. The monoisotopic (exact) mass is 309 g/mol. The van der Waals surface area contributed by atoms with Gasteiger partial charge in [0.05, 0.1) is 6.20 Å². The lowest BCUT2D eigenvalue weighted by Crippen LogP contribution is -2.51. The molecule has 1 aromatic heterocycles. The van der Waals surface area contributed by atoms with Gasteiger partial charge in [-0.05, 0) is 25.1 Å². The van der Waals surface area contributed by atoms with Gasteiger partial charge in [0.25, 0.3) is 0 Å². The fourth-order valence-electron chi connectivity index (χ4n) is 2.45. The van der Waals surface area contributed by atoms with E-state index in [4.69, 9.17) is 12.2 Å². The highest BCUT2D eigenvalue weighted by Gasteiger charge is 2.20. The summed E-state index contributed by atoms with van der Waals surface area (Å²) < 4.78 is 1.94. The van der Waals surface area contributed by atoms with Crippen molar-refractivity contribution in [3.8, 4) is 0 Å². The lowest BCUT2D eigenvalue weighted by Gasteiger charge is -2.36. The van der Waals surface area contributed by atoms with Gasteiger partial charge in [0.2, 0.25) is 0 Å². The molecule has 0 saturated carbocycles. The molecular formula is C15H27N5S. The quantitative estimate of drug-likeness (QED) is 0.850. The summed E-state index contributed by atoms with van der Waals surface area (Å²) in [6.45, 7) is 12.6. The summed E-state index contributed by atoms with van der Waals surface area (Å²) in [5.41, 5.74) is 2.58. The molecule has 0 aromatic carbocycles. The third-order valence-electron chi connectivity index (χ3n) is 4.05. The van der Waals surface area contributed by atoms with Gasteiger partial charge in [0, 0.05) is 57.6 Å². The van der Waals surface area contributed by atoms with E-state index in [1.807, 2.05) is 17.9 Å². The maximum absolute atomic E-state index is 5.47. The molecule has 118 valence electrons.